The number of aromatic nitrogens is 3. The Balaban J connectivity index is 1.90. The molecule has 0 fully saturated rings. The van der Waals surface area contributed by atoms with Crippen LogP contribution in [0.25, 0.3) is 11.2 Å². The van der Waals surface area contributed by atoms with Crippen molar-refractivity contribution in [1.29, 1.82) is 5.26 Å². The van der Waals surface area contributed by atoms with Crippen LogP contribution in [0.5, 0.6) is 0 Å². The molecule has 6 heteroatoms. The highest BCUT2D eigenvalue weighted by Gasteiger charge is 2.14. The number of rotatable bonds is 4. The number of H-pyrrole nitrogens is 1. The largest absolute Gasteiger partial charge is 0.348 e. The molecule has 0 saturated carbocycles. The summed E-state index contributed by atoms with van der Waals surface area (Å²) in [5, 5.41) is 12.9. The monoisotopic (exact) mass is 311 g/mol. The first-order chi connectivity index (χ1) is 10.7. The van der Waals surface area contributed by atoms with Gasteiger partial charge in [-0.25, -0.2) is 4.98 Å². The Morgan fingerprint density at radius 2 is 2.18 bits per heavy atom. The van der Waals surface area contributed by atoms with Crippen molar-refractivity contribution in [1.82, 2.24) is 15.0 Å². The standard InChI is InChI=1S/C16H14ClN5/c1-10-5-6-14-15(19-10)22-16(21-14)20-13(7-8-18)11-3-2-4-12(17)9-11/h2-6,9,13H,7H2,1H3,(H2,19,20,21,22)/t13-/m1/s1. The van der Waals surface area contributed by atoms with Gasteiger partial charge in [0.05, 0.1) is 24.0 Å². The van der Waals surface area contributed by atoms with Gasteiger partial charge < -0.3 is 10.3 Å². The molecule has 0 spiro atoms. The molecule has 5 nitrogen and oxygen atoms in total. The van der Waals surface area contributed by atoms with Crippen molar-refractivity contribution in [2.75, 3.05) is 5.32 Å². The molecule has 0 aliphatic rings. The van der Waals surface area contributed by atoms with Crippen LogP contribution in [0, 0.1) is 18.3 Å². The van der Waals surface area contributed by atoms with Crippen molar-refractivity contribution in [2.45, 2.75) is 19.4 Å². The predicted octanol–water partition coefficient (Wildman–Crippen LogP) is 3.99. The zero-order chi connectivity index (χ0) is 15.5. The van der Waals surface area contributed by atoms with Crippen molar-refractivity contribution in [3.8, 4) is 6.07 Å². The number of nitrogens with zero attached hydrogens (tertiary/aromatic N) is 3. The van der Waals surface area contributed by atoms with Crippen LogP contribution in [0.1, 0.15) is 23.7 Å². The van der Waals surface area contributed by atoms with Gasteiger partial charge in [-0.15, -0.1) is 0 Å². The van der Waals surface area contributed by atoms with Gasteiger partial charge in [-0.1, -0.05) is 23.7 Å². The lowest BCUT2D eigenvalue weighted by Crippen LogP contribution is -2.11. The number of hydrogen-bond acceptors (Lipinski definition) is 4. The lowest BCUT2D eigenvalue weighted by Gasteiger charge is -2.15. The van der Waals surface area contributed by atoms with Gasteiger partial charge >= 0.3 is 0 Å². The molecule has 110 valence electrons. The molecule has 0 amide bonds. The van der Waals surface area contributed by atoms with Crippen LogP contribution in [0.15, 0.2) is 36.4 Å². The highest BCUT2D eigenvalue weighted by molar-refractivity contribution is 6.30. The fourth-order valence-corrected chi connectivity index (χ4v) is 2.49. The molecule has 0 bridgehead atoms. The summed E-state index contributed by atoms with van der Waals surface area (Å²) in [5.74, 6) is 0.591. The van der Waals surface area contributed by atoms with E-state index in [0.717, 1.165) is 16.8 Å². The van der Waals surface area contributed by atoms with E-state index >= 15 is 0 Å². The van der Waals surface area contributed by atoms with E-state index in [1.165, 1.54) is 0 Å². The maximum Gasteiger partial charge on any atom is 0.203 e. The van der Waals surface area contributed by atoms with E-state index in [1.807, 2.05) is 43.3 Å². The van der Waals surface area contributed by atoms with E-state index in [1.54, 1.807) is 0 Å². The van der Waals surface area contributed by atoms with Gasteiger partial charge in [-0.3, -0.25) is 0 Å². The van der Waals surface area contributed by atoms with Crippen LogP contribution in [0.2, 0.25) is 5.02 Å². The molecule has 2 N–H and O–H groups in total. The minimum absolute atomic E-state index is 0.189. The second-order valence-electron chi connectivity index (χ2n) is 5.02. The molecular formula is C16H14ClN5. The number of fused-ring (bicyclic) bond motifs is 1. The summed E-state index contributed by atoms with van der Waals surface area (Å²) in [4.78, 5) is 12.0. The first-order valence-electron chi connectivity index (χ1n) is 6.88. The number of anilines is 1. The molecule has 1 atom stereocenters. The lowest BCUT2D eigenvalue weighted by atomic mass is 10.0. The third-order valence-electron chi connectivity index (χ3n) is 3.34. The number of halogens is 1. The Morgan fingerprint density at radius 1 is 1.32 bits per heavy atom. The molecule has 0 radical (unpaired) electrons. The maximum atomic E-state index is 9.06. The molecule has 0 aliphatic carbocycles. The van der Waals surface area contributed by atoms with Gasteiger partial charge in [0.1, 0.15) is 0 Å². The minimum atomic E-state index is -0.189. The van der Waals surface area contributed by atoms with Gasteiger partial charge in [-0.2, -0.15) is 10.2 Å². The molecule has 0 aliphatic heterocycles. The van der Waals surface area contributed by atoms with Crippen LogP contribution in [-0.4, -0.2) is 15.0 Å². The van der Waals surface area contributed by atoms with Crippen molar-refractivity contribution in [3.63, 3.8) is 0 Å². The van der Waals surface area contributed by atoms with Gasteiger partial charge in [0.25, 0.3) is 0 Å². The third-order valence-corrected chi connectivity index (χ3v) is 3.58. The number of aryl methyl sites for hydroxylation is 1. The highest BCUT2D eigenvalue weighted by Crippen LogP contribution is 2.24. The van der Waals surface area contributed by atoms with Gasteiger partial charge in [0.2, 0.25) is 5.95 Å². The molecular weight excluding hydrogens is 298 g/mol. The third kappa shape index (κ3) is 3.02. The van der Waals surface area contributed by atoms with Crippen molar-refractivity contribution in [2.24, 2.45) is 0 Å². The Hall–Kier alpha value is -2.58. The summed E-state index contributed by atoms with van der Waals surface area (Å²) in [6.07, 6.45) is 0.309. The minimum Gasteiger partial charge on any atom is -0.348 e. The fourth-order valence-electron chi connectivity index (χ4n) is 2.29. The topological polar surface area (TPSA) is 77.4 Å². The van der Waals surface area contributed by atoms with E-state index in [0.29, 0.717) is 23.0 Å². The summed E-state index contributed by atoms with van der Waals surface area (Å²) in [5.41, 5.74) is 3.37. The first-order valence-corrected chi connectivity index (χ1v) is 7.26. The highest BCUT2D eigenvalue weighted by atomic mass is 35.5. The number of nitrogens with one attached hydrogen (secondary N) is 2. The molecule has 3 aromatic rings. The summed E-state index contributed by atoms with van der Waals surface area (Å²) in [6.45, 7) is 1.92. The number of pyridine rings is 1. The average Bonchev–Trinajstić information content (AvgIpc) is 2.88. The van der Waals surface area contributed by atoms with Crippen LogP contribution in [0.3, 0.4) is 0 Å². The average molecular weight is 312 g/mol. The Morgan fingerprint density at radius 3 is 2.95 bits per heavy atom. The first kappa shape index (κ1) is 14.4. The molecule has 0 unspecified atom stereocenters. The van der Waals surface area contributed by atoms with Crippen LogP contribution < -0.4 is 5.32 Å². The Kier molecular flexibility index (Phi) is 3.94. The molecule has 2 heterocycles. The second-order valence-corrected chi connectivity index (χ2v) is 5.46. The number of aromatic amines is 1. The molecule has 22 heavy (non-hydrogen) atoms. The molecule has 0 saturated heterocycles. The zero-order valence-electron chi connectivity index (χ0n) is 12.0. The van der Waals surface area contributed by atoms with E-state index in [-0.39, 0.29) is 6.04 Å². The summed E-state index contributed by atoms with van der Waals surface area (Å²) < 4.78 is 0. The predicted molar refractivity (Wildman–Crippen MR) is 86.7 cm³/mol. The number of imidazole rings is 1. The number of benzene rings is 1. The molecule has 2 aromatic heterocycles. The van der Waals surface area contributed by atoms with Crippen LogP contribution in [-0.2, 0) is 0 Å². The second kappa shape index (κ2) is 6.04. The maximum absolute atomic E-state index is 9.06. The lowest BCUT2D eigenvalue weighted by molar-refractivity contribution is 0.795. The zero-order valence-corrected chi connectivity index (χ0v) is 12.7. The number of nitriles is 1. The van der Waals surface area contributed by atoms with E-state index < -0.39 is 0 Å². The van der Waals surface area contributed by atoms with Gasteiger partial charge in [0, 0.05) is 10.7 Å². The molecule has 3 rings (SSSR count). The summed E-state index contributed by atoms with van der Waals surface area (Å²) >= 11 is 6.03. The summed E-state index contributed by atoms with van der Waals surface area (Å²) in [7, 11) is 0. The van der Waals surface area contributed by atoms with Crippen LogP contribution >= 0.6 is 11.6 Å². The Labute approximate surface area is 133 Å². The Bertz CT molecular complexity index is 849. The van der Waals surface area contributed by atoms with E-state index in [2.05, 4.69) is 26.3 Å². The normalized spacial score (nSPS) is 12.0. The van der Waals surface area contributed by atoms with Gasteiger partial charge in [-0.05, 0) is 36.8 Å². The fraction of sp³-hybridized carbons (Fsp3) is 0.188. The van der Waals surface area contributed by atoms with E-state index in [9.17, 15) is 0 Å². The van der Waals surface area contributed by atoms with Crippen molar-refractivity contribution < 1.29 is 0 Å². The van der Waals surface area contributed by atoms with Crippen LogP contribution in [0.4, 0.5) is 5.95 Å². The number of hydrogen-bond donors (Lipinski definition) is 2. The van der Waals surface area contributed by atoms with E-state index in [4.69, 9.17) is 16.9 Å². The van der Waals surface area contributed by atoms with Crippen molar-refractivity contribution in [3.05, 3.63) is 52.7 Å². The summed E-state index contributed by atoms with van der Waals surface area (Å²) in [6, 6.07) is 13.3. The quantitative estimate of drug-likeness (QED) is 0.763. The molecule has 1 aromatic carbocycles. The van der Waals surface area contributed by atoms with Gasteiger partial charge in [0.15, 0.2) is 5.65 Å². The van der Waals surface area contributed by atoms with Crippen molar-refractivity contribution >= 4 is 28.7 Å². The smallest absolute Gasteiger partial charge is 0.203 e. The SMILES string of the molecule is Cc1ccc2[nH]c(N[C@H](CC#N)c3cccc(Cl)c3)nc2n1.